The predicted octanol–water partition coefficient (Wildman–Crippen LogP) is 6.55. The summed E-state index contributed by atoms with van der Waals surface area (Å²) in [5.41, 5.74) is 1.73. The second-order valence-electron chi connectivity index (χ2n) is 9.36. The molecule has 0 fully saturated rings. The molecular formula is C28H30O6. The zero-order chi connectivity index (χ0) is 24.9. The summed E-state index contributed by atoms with van der Waals surface area (Å²) >= 11 is 0. The fourth-order valence-electron chi connectivity index (χ4n) is 3.32. The number of ether oxygens (including phenoxy) is 4. The van der Waals surface area contributed by atoms with Crippen LogP contribution in [0.4, 0.5) is 4.79 Å². The van der Waals surface area contributed by atoms with Crippen molar-refractivity contribution < 1.29 is 28.5 Å². The SMILES string of the molecule is COc1ccc(C(C)(C)c2ccc(OC(=O)Oc3ccc(C(=O)OC(C)(C)C)cc3)cc2)cc1. The van der Waals surface area contributed by atoms with E-state index in [1.54, 1.807) is 40.0 Å². The summed E-state index contributed by atoms with van der Waals surface area (Å²) in [6.45, 7) is 9.64. The number of hydrogen-bond acceptors (Lipinski definition) is 6. The Morgan fingerprint density at radius 3 is 1.44 bits per heavy atom. The van der Waals surface area contributed by atoms with E-state index in [-0.39, 0.29) is 11.2 Å². The average Bonchev–Trinajstić information content (AvgIpc) is 2.78. The number of benzene rings is 3. The minimum absolute atomic E-state index is 0.249. The zero-order valence-electron chi connectivity index (χ0n) is 20.4. The van der Waals surface area contributed by atoms with Gasteiger partial charge >= 0.3 is 12.1 Å². The van der Waals surface area contributed by atoms with Crippen molar-refractivity contribution in [3.63, 3.8) is 0 Å². The van der Waals surface area contributed by atoms with Crippen LogP contribution in [-0.2, 0) is 10.2 Å². The molecule has 0 aliphatic heterocycles. The first-order valence-electron chi connectivity index (χ1n) is 11.0. The molecule has 3 aromatic carbocycles. The normalized spacial score (nSPS) is 11.5. The highest BCUT2D eigenvalue weighted by atomic mass is 16.7. The molecule has 6 nitrogen and oxygen atoms in total. The molecule has 0 aromatic heterocycles. The monoisotopic (exact) mass is 462 g/mol. The molecule has 178 valence electrons. The summed E-state index contributed by atoms with van der Waals surface area (Å²) in [5, 5.41) is 0. The van der Waals surface area contributed by atoms with Gasteiger partial charge in [-0.25, -0.2) is 9.59 Å². The van der Waals surface area contributed by atoms with E-state index < -0.39 is 17.7 Å². The molecular weight excluding hydrogens is 432 g/mol. The number of hydrogen-bond donors (Lipinski definition) is 0. The quantitative estimate of drug-likeness (QED) is 0.305. The molecule has 6 heteroatoms. The average molecular weight is 463 g/mol. The van der Waals surface area contributed by atoms with Crippen molar-refractivity contribution >= 4 is 12.1 Å². The topological polar surface area (TPSA) is 71.1 Å². The highest BCUT2D eigenvalue weighted by molar-refractivity contribution is 5.89. The second kappa shape index (κ2) is 10.00. The van der Waals surface area contributed by atoms with Crippen molar-refractivity contribution in [2.24, 2.45) is 0 Å². The lowest BCUT2D eigenvalue weighted by Gasteiger charge is -2.26. The third-order valence-electron chi connectivity index (χ3n) is 5.28. The molecule has 34 heavy (non-hydrogen) atoms. The van der Waals surface area contributed by atoms with Gasteiger partial charge in [0.1, 0.15) is 22.8 Å². The van der Waals surface area contributed by atoms with Crippen LogP contribution in [0.5, 0.6) is 17.2 Å². The Hall–Kier alpha value is -3.80. The van der Waals surface area contributed by atoms with Gasteiger partial charge in [0.15, 0.2) is 0 Å². The standard InChI is InChI=1S/C28H30O6/c1-27(2,3)34-25(29)19-7-13-23(14-8-19)32-26(30)33-24-17-11-21(12-18-24)28(4,5)20-9-15-22(31-6)16-10-20/h7-18H,1-6H3. The van der Waals surface area contributed by atoms with E-state index >= 15 is 0 Å². The Morgan fingerprint density at radius 1 is 0.618 bits per heavy atom. The van der Waals surface area contributed by atoms with Crippen LogP contribution in [-0.4, -0.2) is 24.8 Å². The van der Waals surface area contributed by atoms with E-state index in [1.165, 1.54) is 24.3 Å². The van der Waals surface area contributed by atoms with Crippen molar-refractivity contribution in [1.82, 2.24) is 0 Å². The van der Waals surface area contributed by atoms with E-state index in [4.69, 9.17) is 18.9 Å². The lowest BCUT2D eigenvalue weighted by molar-refractivity contribution is 0.00695. The number of esters is 1. The number of methoxy groups -OCH3 is 1. The molecule has 3 rings (SSSR count). The van der Waals surface area contributed by atoms with E-state index in [2.05, 4.69) is 13.8 Å². The van der Waals surface area contributed by atoms with Crippen LogP contribution in [0.2, 0.25) is 0 Å². The van der Waals surface area contributed by atoms with Gasteiger partial charge in [-0.05, 0) is 80.4 Å². The van der Waals surface area contributed by atoms with Crippen LogP contribution in [0.25, 0.3) is 0 Å². The molecule has 0 saturated heterocycles. The van der Waals surface area contributed by atoms with E-state index in [1.807, 2.05) is 36.4 Å². The maximum absolute atomic E-state index is 12.2. The molecule has 0 saturated carbocycles. The molecule has 0 bridgehead atoms. The number of carbonyl (C=O) groups excluding carboxylic acids is 2. The first kappa shape index (κ1) is 24.8. The summed E-state index contributed by atoms with van der Waals surface area (Å²) in [7, 11) is 1.64. The first-order valence-corrected chi connectivity index (χ1v) is 11.0. The van der Waals surface area contributed by atoms with E-state index in [0.717, 1.165) is 16.9 Å². The highest BCUT2D eigenvalue weighted by Gasteiger charge is 2.23. The minimum atomic E-state index is -0.868. The summed E-state index contributed by atoms with van der Waals surface area (Å²) in [4.78, 5) is 24.3. The highest BCUT2D eigenvalue weighted by Crippen LogP contribution is 2.33. The van der Waals surface area contributed by atoms with Crippen LogP contribution in [0.1, 0.15) is 56.1 Å². The summed E-state index contributed by atoms with van der Waals surface area (Å²) < 4.78 is 21.1. The third kappa shape index (κ3) is 6.38. The molecule has 0 aliphatic carbocycles. The van der Waals surface area contributed by atoms with Crippen LogP contribution in [0.3, 0.4) is 0 Å². The Balaban J connectivity index is 1.60. The second-order valence-corrected chi connectivity index (χ2v) is 9.36. The molecule has 0 N–H and O–H groups in total. The molecule has 0 amide bonds. The maximum Gasteiger partial charge on any atom is 0.519 e. The largest absolute Gasteiger partial charge is 0.519 e. The molecule has 0 unspecified atom stereocenters. The molecule has 3 aromatic rings. The van der Waals surface area contributed by atoms with Crippen molar-refractivity contribution in [2.75, 3.05) is 7.11 Å². The lowest BCUT2D eigenvalue weighted by Crippen LogP contribution is -2.23. The number of rotatable bonds is 6. The Morgan fingerprint density at radius 2 is 1.03 bits per heavy atom. The van der Waals surface area contributed by atoms with Crippen molar-refractivity contribution in [2.45, 2.75) is 45.6 Å². The summed E-state index contributed by atoms with van der Waals surface area (Å²) in [6.07, 6.45) is -0.868. The van der Waals surface area contributed by atoms with Gasteiger partial charge in [0.05, 0.1) is 12.7 Å². The third-order valence-corrected chi connectivity index (χ3v) is 5.28. The van der Waals surface area contributed by atoms with Crippen LogP contribution in [0.15, 0.2) is 72.8 Å². The zero-order valence-corrected chi connectivity index (χ0v) is 20.4. The minimum Gasteiger partial charge on any atom is -0.497 e. The van der Waals surface area contributed by atoms with Gasteiger partial charge < -0.3 is 18.9 Å². The van der Waals surface area contributed by atoms with Gasteiger partial charge in [-0.1, -0.05) is 38.1 Å². The molecule has 0 atom stereocenters. The first-order chi connectivity index (χ1) is 16.0. The van der Waals surface area contributed by atoms with E-state index in [9.17, 15) is 9.59 Å². The van der Waals surface area contributed by atoms with Crippen LogP contribution >= 0.6 is 0 Å². The fraction of sp³-hybridized carbons (Fsp3) is 0.286. The lowest BCUT2D eigenvalue weighted by atomic mass is 9.78. The number of carbonyl (C=O) groups is 2. The van der Waals surface area contributed by atoms with Gasteiger partial charge in [-0.2, -0.15) is 0 Å². The molecule has 0 aliphatic rings. The maximum atomic E-state index is 12.2. The van der Waals surface area contributed by atoms with Gasteiger partial charge in [-0.3, -0.25) is 0 Å². The van der Waals surface area contributed by atoms with Crippen molar-refractivity contribution in [3.8, 4) is 17.2 Å². The predicted molar refractivity (Wildman–Crippen MR) is 130 cm³/mol. The van der Waals surface area contributed by atoms with Gasteiger partial charge in [0, 0.05) is 5.41 Å². The fourth-order valence-corrected chi connectivity index (χ4v) is 3.32. The van der Waals surface area contributed by atoms with Crippen molar-refractivity contribution in [3.05, 3.63) is 89.5 Å². The van der Waals surface area contributed by atoms with Crippen LogP contribution < -0.4 is 14.2 Å². The van der Waals surface area contributed by atoms with Gasteiger partial charge in [-0.15, -0.1) is 0 Å². The Kier molecular flexibility index (Phi) is 7.30. The summed E-state index contributed by atoms with van der Waals surface area (Å²) in [5.74, 6) is 0.986. The smallest absolute Gasteiger partial charge is 0.497 e. The Labute approximate surface area is 200 Å². The summed E-state index contributed by atoms with van der Waals surface area (Å²) in [6, 6.07) is 21.3. The molecule has 0 radical (unpaired) electrons. The molecule has 0 heterocycles. The van der Waals surface area contributed by atoms with Gasteiger partial charge in [0.2, 0.25) is 0 Å². The van der Waals surface area contributed by atoms with Crippen LogP contribution in [0, 0.1) is 0 Å². The van der Waals surface area contributed by atoms with Crippen molar-refractivity contribution in [1.29, 1.82) is 0 Å². The van der Waals surface area contributed by atoms with E-state index in [0.29, 0.717) is 11.3 Å². The van der Waals surface area contributed by atoms with Gasteiger partial charge in [0.25, 0.3) is 0 Å². The Bertz CT molecular complexity index is 1120. The molecule has 0 spiro atoms.